The zero-order valence-corrected chi connectivity index (χ0v) is 11.0. The standard InChI is InChI=1S/C13H22N2O3/c1-9(2)8-11(12(16)17)15-13(18)14-10-6-4-3-5-7-10/h3-4,9-11H,5-8H2,1-2H3,(H,16,17)(H2,14,15,18). The van der Waals surface area contributed by atoms with Crippen LogP contribution in [0.25, 0.3) is 0 Å². The maximum atomic E-state index is 11.7. The molecule has 1 aliphatic carbocycles. The van der Waals surface area contributed by atoms with Gasteiger partial charge < -0.3 is 15.7 Å². The van der Waals surface area contributed by atoms with Crippen molar-refractivity contribution >= 4 is 12.0 Å². The van der Waals surface area contributed by atoms with Crippen molar-refractivity contribution < 1.29 is 14.7 Å². The van der Waals surface area contributed by atoms with Crippen LogP contribution in [0.2, 0.25) is 0 Å². The van der Waals surface area contributed by atoms with Crippen LogP contribution < -0.4 is 10.6 Å². The van der Waals surface area contributed by atoms with E-state index < -0.39 is 12.0 Å². The summed E-state index contributed by atoms with van der Waals surface area (Å²) < 4.78 is 0. The molecule has 0 fully saturated rings. The Balaban J connectivity index is 2.40. The molecular formula is C13H22N2O3. The zero-order valence-electron chi connectivity index (χ0n) is 11.0. The number of carboxylic acids is 1. The van der Waals surface area contributed by atoms with E-state index >= 15 is 0 Å². The highest BCUT2D eigenvalue weighted by Gasteiger charge is 2.22. The molecule has 0 radical (unpaired) electrons. The van der Waals surface area contributed by atoms with Crippen LogP contribution in [0.15, 0.2) is 12.2 Å². The normalized spacial score (nSPS) is 20.5. The van der Waals surface area contributed by atoms with E-state index in [0.717, 1.165) is 19.3 Å². The molecule has 2 unspecified atom stereocenters. The van der Waals surface area contributed by atoms with Gasteiger partial charge >= 0.3 is 12.0 Å². The number of carbonyl (C=O) groups excluding carboxylic acids is 1. The van der Waals surface area contributed by atoms with Gasteiger partial charge in [0.15, 0.2) is 0 Å². The number of carbonyl (C=O) groups is 2. The summed E-state index contributed by atoms with van der Waals surface area (Å²) in [6.07, 6.45) is 7.25. The van der Waals surface area contributed by atoms with Crippen molar-refractivity contribution in [3.8, 4) is 0 Å². The van der Waals surface area contributed by atoms with Crippen molar-refractivity contribution in [2.75, 3.05) is 0 Å². The maximum Gasteiger partial charge on any atom is 0.326 e. The Morgan fingerprint density at radius 1 is 1.39 bits per heavy atom. The number of allylic oxidation sites excluding steroid dienone is 1. The highest BCUT2D eigenvalue weighted by molar-refractivity contribution is 5.82. The minimum absolute atomic E-state index is 0.114. The fraction of sp³-hybridized carbons (Fsp3) is 0.692. The predicted octanol–water partition coefficient (Wildman–Crippen LogP) is 1.89. The summed E-state index contributed by atoms with van der Waals surface area (Å²) in [6, 6.07) is -1.09. The first-order valence-electron chi connectivity index (χ1n) is 6.44. The lowest BCUT2D eigenvalue weighted by molar-refractivity contribution is -0.139. The van der Waals surface area contributed by atoms with E-state index in [2.05, 4.69) is 16.7 Å². The van der Waals surface area contributed by atoms with Gasteiger partial charge in [-0.2, -0.15) is 0 Å². The quantitative estimate of drug-likeness (QED) is 0.656. The molecule has 0 aliphatic heterocycles. The second-order valence-electron chi connectivity index (χ2n) is 5.12. The highest BCUT2D eigenvalue weighted by Crippen LogP contribution is 2.10. The largest absolute Gasteiger partial charge is 0.480 e. The summed E-state index contributed by atoms with van der Waals surface area (Å²) in [6.45, 7) is 3.86. The Hall–Kier alpha value is -1.52. The Kier molecular flexibility index (Phi) is 5.68. The van der Waals surface area contributed by atoms with E-state index in [9.17, 15) is 9.59 Å². The van der Waals surface area contributed by atoms with Crippen molar-refractivity contribution in [2.24, 2.45) is 5.92 Å². The van der Waals surface area contributed by atoms with Crippen LogP contribution in [0.3, 0.4) is 0 Å². The lowest BCUT2D eigenvalue weighted by Gasteiger charge is -2.22. The number of amides is 2. The average Bonchev–Trinajstić information content (AvgIpc) is 2.28. The second-order valence-corrected chi connectivity index (χ2v) is 5.12. The van der Waals surface area contributed by atoms with Crippen molar-refractivity contribution in [3.63, 3.8) is 0 Å². The maximum absolute atomic E-state index is 11.7. The molecule has 1 aliphatic rings. The van der Waals surface area contributed by atoms with E-state index in [0.29, 0.717) is 6.42 Å². The monoisotopic (exact) mass is 254 g/mol. The van der Waals surface area contributed by atoms with Crippen LogP contribution in [-0.4, -0.2) is 29.2 Å². The zero-order chi connectivity index (χ0) is 13.5. The molecule has 3 N–H and O–H groups in total. The number of aliphatic carboxylic acids is 1. The van der Waals surface area contributed by atoms with Crippen LogP contribution in [0.4, 0.5) is 4.79 Å². The lowest BCUT2D eigenvalue weighted by Crippen LogP contribution is -2.49. The topological polar surface area (TPSA) is 78.4 Å². The van der Waals surface area contributed by atoms with Crippen molar-refractivity contribution in [1.82, 2.24) is 10.6 Å². The third kappa shape index (κ3) is 5.21. The summed E-state index contributed by atoms with van der Waals surface area (Å²) in [4.78, 5) is 22.7. The highest BCUT2D eigenvalue weighted by atomic mass is 16.4. The molecule has 0 saturated heterocycles. The first-order chi connectivity index (χ1) is 8.49. The molecule has 2 atom stereocenters. The predicted molar refractivity (Wildman–Crippen MR) is 69.3 cm³/mol. The van der Waals surface area contributed by atoms with E-state index in [4.69, 9.17) is 5.11 Å². The Bertz CT molecular complexity index is 326. The molecule has 0 aromatic heterocycles. The molecule has 0 saturated carbocycles. The van der Waals surface area contributed by atoms with Gasteiger partial charge in [-0.25, -0.2) is 9.59 Å². The molecule has 2 amide bonds. The summed E-state index contributed by atoms with van der Waals surface area (Å²) in [7, 11) is 0. The van der Waals surface area contributed by atoms with Crippen LogP contribution in [0.1, 0.15) is 39.5 Å². The van der Waals surface area contributed by atoms with Crippen molar-refractivity contribution in [2.45, 2.75) is 51.6 Å². The van der Waals surface area contributed by atoms with E-state index in [1.54, 1.807) is 0 Å². The second kappa shape index (κ2) is 7.03. The Morgan fingerprint density at radius 3 is 2.61 bits per heavy atom. The Labute approximate surface area is 108 Å². The Morgan fingerprint density at radius 2 is 2.11 bits per heavy atom. The third-order valence-electron chi connectivity index (χ3n) is 2.91. The van der Waals surface area contributed by atoms with Gasteiger partial charge in [-0.05, 0) is 31.6 Å². The molecular weight excluding hydrogens is 232 g/mol. The molecule has 1 rings (SSSR count). The number of urea groups is 1. The van der Waals surface area contributed by atoms with Gasteiger partial charge in [-0.1, -0.05) is 26.0 Å². The van der Waals surface area contributed by atoms with E-state index in [-0.39, 0.29) is 18.0 Å². The number of nitrogens with one attached hydrogen (secondary N) is 2. The molecule has 0 spiro atoms. The molecule has 5 nitrogen and oxygen atoms in total. The number of hydrogen-bond acceptors (Lipinski definition) is 2. The summed E-state index contributed by atoms with van der Waals surface area (Å²) in [5.41, 5.74) is 0. The van der Waals surface area contributed by atoms with Gasteiger partial charge in [0.1, 0.15) is 6.04 Å². The minimum atomic E-state index is -0.984. The van der Waals surface area contributed by atoms with Crippen LogP contribution in [0, 0.1) is 5.92 Å². The van der Waals surface area contributed by atoms with E-state index in [1.807, 2.05) is 19.9 Å². The molecule has 0 aromatic rings. The SMILES string of the molecule is CC(C)CC(NC(=O)NC1CC=CCC1)C(=O)O. The summed E-state index contributed by atoms with van der Waals surface area (Å²) >= 11 is 0. The molecule has 5 heteroatoms. The fourth-order valence-corrected chi connectivity index (χ4v) is 2.00. The van der Waals surface area contributed by atoms with Gasteiger partial charge in [-0.3, -0.25) is 0 Å². The molecule has 18 heavy (non-hydrogen) atoms. The van der Waals surface area contributed by atoms with Crippen molar-refractivity contribution in [3.05, 3.63) is 12.2 Å². The first kappa shape index (κ1) is 14.5. The number of hydrogen-bond donors (Lipinski definition) is 3. The third-order valence-corrected chi connectivity index (χ3v) is 2.91. The molecule has 102 valence electrons. The minimum Gasteiger partial charge on any atom is -0.480 e. The first-order valence-corrected chi connectivity index (χ1v) is 6.44. The van der Waals surface area contributed by atoms with Crippen molar-refractivity contribution in [1.29, 1.82) is 0 Å². The fourth-order valence-electron chi connectivity index (χ4n) is 2.00. The van der Waals surface area contributed by atoms with Crippen LogP contribution in [0.5, 0.6) is 0 Å². The smallest absolute Gasteiger partial charge is 0.326 e. The van der Waals surface area contributed by atoms with Crippen LogP contribution in [-0.2, 0) is 4.79 Å². The molecule has 0 bridgehead atoms. The van der Waals surface area contributed by atoms with Gasteiger partial charge in [0.05, 0.1) is 0 Å². The number of carboxylic acid groups (broad SMARTS) is 1. The van der Waals surface area contributed by atoms with Gasteiger partial charge in [0.25, 0.3) is 0 Å². The van der Waals surface area contributed by atoms with E-state index in [1.165, 1.54) is 0 Å². The average molecular weight is 254 g/mol. The number of rotatable bonds is 5. The lowest BCUT2D eigenvalue weighted by atomic mass is 10.0. The van der Waals surface area contributed by atoms with Crippen LogP contribution >= 0.6 is 0 Å². The van der Waals surface area contributed by atoms with Gasteiger partial charge in [-0.15, -0.1) is 0 Å². The molecule has 0 heterocycles. The van der Waals surface area contributed by atoms with Gasteiger partial charge in [0, 0.05) is 6.04 Å². The summed E-state index contributed by atoms with van der Waals surface area (Å²) in [5.74, 6) is -0.758. The molecule has 0 aromatic carbocycles. The summed E-state index contributed by atoms with van der Waals surface area (Å²) in [5, 5.41) is 14.4. The van der Waals surface area contributed by atoms with Gasteiger partial charge in [0.2, 0.25) is 0 Å².